The molecule has 5 rings (SSSR count). The fourth-order valence-electron chi connectivity index (χ4n) is 4.60. The van der Waals surface area contributed by atoms with E-state index >= 15 is 0 Å². The van der Waals surface area contributed by atoms with Crippen LogP contribution < -0.4 is 10.1 Å². The number of para-hydroxylation sites is 1. The summed E-state index contributed by atoms with van der Waals surface area (Å²) in [7, 11) is 0. The molecule has 1 fully saturated rings. The van der Waals surface area contributed by atoms with Gasteiger partial charge in [-0.2, -0.15) is 5.10 Å². The second-order valence-corrected chi connectivity index (χ2v) is 7.59. The molecule has 6 heteroatoms. The predicted octanol–water partition coefficient (Wildman–Crippen LogP) is 3.05. The third-order valence-corrected chi connectivity index (χ3v) is 5.93. The van der Waals surface area contributed by atoms with Crippen molar-refractivity contribution < 1.29 is 14.3 Å². The van der Waals surface area contributed by atoms with Gasteiger partial charge in [0.15, 0.2) is 5.69 Å². The minimum Gasteiger partial charge on any atom is -0.487 e. The van der Waals surface area contributed by atoms with Crippen LogP contribution in [0.4, 0.5) is 0 Å². The highest BCUT2D eigenvalue weighted by Gasteiger charge is 2.43. The van der Waals surface area contributed by atoms with Gasteiger partial charge < -0.3 is 14.8 Å². The van der Waals surface area contributed by atoms with Crippen LogP contribution in [0.2, 0.25) is 0 Å². The molecule has 1 aromatic heterocycles. The van der Waals surface area contributed by atoms with Crippen LogP contribution in [-0.2, 0) is 17.8 Å². The highest BCUT2D eigenvalue weighted by Crippen LogP contribution is 2.47. The molecule has 136 valence electrons. The van der Waals surface area contributed by atoms with E-state index in [1.165, 1.54) is 12.8 Å². The zero-order valence-corrected chi connectivity index (χ0v) is 14.7. The second-order valence-electron chi connectivity index (χ2n) is 7.59. The van der Waals surface area contributed by atoms with Crippen LogP contribution in [0.3, 0.4) is 0 Å². The van der Waals surface area contributed by atoms with Gasteiger partial charge in [0.25, 0.3) is 5.91 Å². The molecule has 26 heavy (non-hydrogen) atoms. The van der Waals surface area contributed by atoms with E-state index in [1.54, 1.807) is 0 Å². The summed E-state index contributed by atoms with van der Waals surface area (Å²) < 4.78 is 11.9. The Bertz CT molecular complexity index is 839. The van der Waals surface area contributed by atoms with Crippen molar-refractivity contribution in [1.29, 1.82) is 0 Å². The van der Waals surface area contributed by atoms with Crippen molar-refractivity contribution in [3.8, 4) is 5.75 Å². The van der Waals surface area contributed by atoms with Gasteiger partial charge in [0.2, 0.25) is 0 Å². The summed E-state index contributed by atoms with van der Waals surface area (Å²) in [6, 6.07) is 8.00. The molecule has 0 saturated heterocycles. The maximum absolute atomic E-state index is 13.0. The SMILES string of the molecule is O=C(N[C@@H]1CC2(CCCC2)Oc2ccccc21)c1n[nH]c2c1COCC2. The number of aromatic nitrogens is 2. The number of hydrogen-bond acceptors (Lipinski definition) is 4. The molecule has 2 aliphatic heterocycles. The molecule has 1 aromatic carbocycles. The van der Waals surface area contributed by atoms with Crippen LogP contribution in [0.25, 0.3) is 0 Å². The Morgan fingerprint density at radius 2 is 2.12 bits per heavy atom. The molecule has 0 unspecified atom stereocenters. The molecule has 1 spiro atoms. The number of nitrogens with one attached hydrogen (secondary N) is 2. The van der Waals surface area contributed by atoms with E-state index in [0.717, 1.165) is 48.3 Å². The number of benzene rings is 1. The number of hydrogen-bond donors (Lipinski definition) is 2. The molecule has 1 atom stereocenters. The van der Waals surface area contributed by atoms with E-state index in [1.807, 2.05) is 24.3 Å². The van der Waals surface area contributed by atoms with Crippen molar-refractivity contribution in [3.05, 3.63) is 46.8 Å². The summed E-state index contributed by atoms with van der Waals surface area (Å²) >= 11 is 0. The first kappa shape index (κ1) is 15.9. The molecular weight excluding hydrogens is 330 g/mol. The van der Waals surface area contributed by atoms with E-state index in [2.05, 4.69) is 15.5 Å². The average molecular weight is 353 g/mol. The first-order valence-corrected chi connectivity index (χ1v) is 9.47. The number of rotatable bonds is 2. The largest absolute Gasteiger partial charge is 0.487 e. The number of carbonyl (C=O) groups is 1. The van der Waals surface area contributed by atoms with Crippen LogP contribution in [0, 0.1) is 0 Å². The normalized spacial score (nSPS) is 23.2. The maximum Gasteiger partial charge on any atom is 0.272 e. The Labute approximate surface area is 152 Å². The van der Waals surface area contributed by atoms with Crippen LogP contribution in [-0.4, -0.2) is 28.3 Å². The Morgan fingerprint density at radius 1 is 1.27 bits per heavy atom. The lowest BCUT2D eigenvalue weighted by Gasteiger charge is -2.40. The molecule has 0 radical (unpaired) electrons. The van der Waals surface area contributed by atoms with Crippen LogP contribution >= 0.6 is 0 Å². The van der Waals surface area contributed by atoms with Gasteiger partial charge in [0.05, 0.1) is 19.3 Å². The lowest BCUT2D eigenvalue weighted by atomic mass is 9.86. The number of ether oxygens (including phenoxy) is 2. The summed E-state index contributed by atoms with van der Waals surface area (Å²) in [5.74, 6) is 0.765. The Kier molecular flexibility index (Phi) is 3.74. The third kappa shape index (κ3) is 2.60. The smallest absolute Gasteiger partial charge is 0.272 e. The van der Waals surface area contributed by atoms with Gasteiger partial charge in [-0.15, -0.1) is 0 Å². The van der Waals surface area contributed by atoms with E-state index in [0.29, 0.717) is 18.9 Å². The molecule has 0 bridgehead atoms. The maximum atomic E-state index is 13.0. The second kappa shape index (κ2) is 6.13. The first-order chi connectivity index (χ1) is 12.7. The number of amides is 1. The van der Waals surface area contributed by atoms with Gasteiger partial charge in [0, 0.05) is 29.7 Å². The van der Waals surface area contributed by atoms with Crippen molar-refractivity contribution in [2.75, 3.05) is 6.61 Å². The first-order valence-electron chi connectivity index (χ1n) is 9.47. The number of nitrogens with zero attached hydrogens (tertiary/aromatic N) is 1. The third-order valence-electron chi connectivity index (χ3n) is 5.93. The minimum atomic E-state index is -0.138. The van der Waals surface area contributed by atoms with E-state index in [4.69, 9.17) is 9.47 Å². The van der Waals surface area contributed by atoms with E-state index in [-0.39, 0.29) is 17.6 Å². The number of H-pyrrole nitrogens is 1. The zero-order valence-electron chi connectivity index (χ0n) is 14.7. The fraction of sp³-hybridized carbons (Fsp3) is 0.500. The van der Waals surface area contributed by atoms with Crippen molar-refractivity contribution in [2.45, 2.75) is 56.8 Å². The highest BCUT2D eigenvalue weighted by atomic mass is 16.5. The lowest BCUT2D eigenvalue weighted by Crippen LogP contribution is -2.43. The topological polar surface area (TPSA) is 76.2 Å². The molecule has 3 heterocycles. The van der Waals surface area contributed by atoms with Gasteiger partial charge in [-0.1, -0.05) is 18.2 Å². The monoisotopic (exact) mass is 353 g/mol. The molecule has 1 aliphatic carbocycles. The summed E-state index contributed by atoms with van der Waals surface area (Å²) in [6.45, 7) is 1.12. The van der Waals surface area contributed by atoms with Crippen molar-refractivity contribution in [3.63, 3.8) is 0 Å². The van der Waals surface area contributed by atoms with Gasteiger partial charge in [-0.3, -0.25) is 9.89 Å². The van der Waals surface area contributed by atoms with Crippen molar-refractivity contribution in [1.82, 2.24) is 15.5 Å². The zero-order chi connectivity index (χ0) is 17.6. The van der Waals surface area contributed by atoms with Gasteiger partial charge >= 0.3 is 0 Å². The fourth-order valence-corrected chi connectivity index (χ4v) is 4.60. The Hall–Kier alpha value is -2.34. The quantitative estimate of drug-likeness (QED) is 0.870. The lowest BCUT2D eigenvalue weighted by molar-refractivity contribution is 0.0359. The van der Waals surface area contributed by atoms with Crippen LogP contribution in [0.15, 0.2) is 24.3 Å². The van der Waals surface area contributed by atoms with E-state index < -0.39 is 0 Å². The van der Waals surface area contributed by atoms with Gasteiger partial charge in [-0.25, -0.2) is 0 Å². The predicted molar refractivity (Wildman–Crippen MR) is 95.0 cm³/mol. The summed E-state index contributed by atoms with van der Waals surface area (Å²) in [4.78, 5) is 13.0. The van der Waals surface area contributed by atoms with Crippen molar-refractivity contribution in [2.24, 2.45) is 0 Å². The average Bonchev–Trinajstić information content (AvgIpc) is 3.29. The number of carbonyl (C=O) groups excluding carboxylic acids is 1. The highest BCUT2D eigenvalue weighted by molar-refractivity contribution is 5.94. The molecule has 6 nitrogen and oxygen atoms in total. The van der Waals surface area contributed by atoms with E-state index in [9.17, 15) is 4.79 Å². The molecule has 3 aliphatic rings. The molecule has 1 amide bonds. The molecule has 2 N–H and O–H groups in total. The van der Waals surface area contributed by atoms with Crippen LogP contribution in [0.5, 0.6) is 5.75 Å². The van der Waals surface area contributed by atoms with Gasteiger partial charge in [0.1, 0.15) is 11.4 Å². The summed E-state index contributed by atoms with van der Waals surface area (Å²) in [5, 5.41) is 10.5. The standard InChI is InChI=1S/C20H23N3O3/c24-19(18-14-12-25-10-7-15(14)22-23-18)21-16-11-20(8-3-4-9-20)26-17-6-2-1-5-13(16)17/h1-2,5-6,16H,3-4,7-12H2,(H,21,24)(H,22,23)/t16-/m1/s1. The Balaban J connectivity index is 1.44. The Morgan fingerprint density at radius 3 is 3.00 bits per heavy atom. The molecule has 2 aromatic rings. The minimum absolute atomic E-state index is 0.0533. The molecule has 1 saturated carbocycles. The van der Waals surface area contributed by atoms with Crippen molar-refractivity contribution >= 4 is 5.91 Å². The summed E-state index contributed by atoms with van der Waals surface area (Å²) in [6.07, 6.45) is 6.08. The number of fused-ring (bicyclic) bond motifs is 2. The van der Waals surface area contributed by atoms with Gasteiger partial charge in [-0.05, 0) is 31.7 Å². The van der Waals surface area contributed by atoms with Crippen LogP contribution in [0.1, 0.15) is 65.5 Å². The number of aromatic amines is 1. The summed E-state index contributed by atoms with van der Waals surface area (Å²) in [5.41, 5.74) is 3.29. The molecular formula is C20H23N3O3.